The van der Waals surface area contributed by atoms with Crippen LogP contribution in [0.1, 0.15) is 26.3 Å². The fourth-order valence-electron chi connectivity index (χ4n) is 5.27. The van der Waals surface area contributed by atoms with Crippen molar-refractivity contribution < 1.29 is 9.59 Å². The molecule has 2 N–H and O–H groups in total. The zero-order chi connectivity index (χ0) is 31.3. The van der Waals surface area contributed by atoms with E-state index in [1.54, 1.807) is 18.3 Å². The SMILES string of the molecule is Clc1ccc2cc[nH]c2c1.O=C(Cl)c1cccc2ccccc12.O=C(c1cccc2ccccc12)c1c[nH]c2cc(Cl)ccc12. The summed E-state index contributed by atoms with van der Waals surface area (Å²) in [7, 11) is 0. The normalized spacial score (nSPS) is 10.7. The number of H-pyrrole nitrogens is 2. The molecule has 0 amide bonds. The minimum atomic E-state index is -0.406. The quantitative estimate of drug-likeness (QED) is 0.148. The smallest absolute Gasteiger partial charge is 0.253 e. The first-order valence-electron chi connectivity index (χ1n) is 14.1. The molecule has 2 heterocycles. The molecule has 0 aliphatic carbocycles. The van der Waals surface area contributed by atoms with E-state index in [0.29, 0.717) is 21.7 Å². The van der Waals surface area contributed by atoms with E-state index in [1.807, 2.05) is 121 Å². The van der Waals surface area contributed by atoms with Crippen LogP contribution in [0.4, 0.5) is 0 Å². The van der Waals surface area contributed by atoms with E-state index in [2.05, 4.69) is 9.97 Å². The van der Waals surface area contributed by atoms with Gasteiger partial charge in [0, 0.05) is 55.5 Å². The molecule has 8 aromatic rings. The number of carbonyl (C=O) groups excluding carboxylic acids is 2. The lowest BCUT2D eigenvalue weighted by molar-refractivity contribution is 0.104. The number of hydrogen-bond acceptors (Lipinski definition) is 2. The Labute approximate surface area is 274 Å². The third-order valence-corrected chi connectivity index (χ3v) is 8.11. The van der Waals surface area contributed by atoms with Gasteiger partial charge in [0.1, 0.15) is 0 Å². The van der Waals surface area contributed by atoms with E-state index < -0.39 is 5.24 Å². The Morgan fingerprint density at radius 3 is 1.76 bits per heavy atom. The van der Waals surface area contributed by atoms with E-state index in [1.165, 1.54) is 5.39 Å². The van der Waals surface area contributed by atoms with Crippen LogP contribution in [0.25, 0.3) is 43.4 Å². The molecule has 0 atom stereocenters. The monoisotopic (exact) mass is 646 g/mol. The maximum atomic E-state index is 13.0. The maximum Gasteiger partial charge on any atom is 0.253 e. The molecule has 0 saturated heterocycles. The van der Waals surface area contributed by atoms with Crippen molar-refractivity contribution in [2.45, 2.75) is 0 Å². The van der Waals surface area contributed by atoms with Crippen LogP contribution >= 0.6 is 34.8 Å². The van der Waals surface area contributed by atoms with Gasteiger partial charge >= 0.3 is 0 Å². The number of carbonyl (C=O) groups is 2. The summed E-state index contributed by atoms with van der Waals surface area (Å²) in [5.74, 6) is 0.0189. The van der Waals surface area contributed by atoms with Gasteiger partial charge < -0.3 is 9.97 Å². The van der Waals surface area contributed by atoms with Gasteiger partial charge in [-0.3, -0.25) is 9.59 Å². The predicted molar refractivity (Wildman–Crippen MR) is 188 cm³/mol. The van der Waals surface area contributed by atoms with Gasteiger partial charge in [0.2, 0.25) is 0 Å². The first-order valence-corrected chi connectivity index (χ1v) is 15.2. The molecule has 2 aromatic heterocycles. The molecule has 0 bridgehead atoms. The summed E-state index contributed by atoms with van der Waals surface area (Å²) in [5.41, 5.74) is 3.92. The predicted octanol–water partition coefficient (Wildman–Crippen LogP) is 11.2. The average Bonchev–Trinajstić information content (AvgIpc) is 3.71. The summed E-state index contributed by atoms with van der Waals surface area (Å²) >= 11 is 17.2. The molecule has 0 radical (unpaired) electrons. The van der Waals surface area contributed by atoms with Crippen LogP contribution in [0, 0.1) is 0 Å². The highest BCUT2D eigenvalue weighted by atomic mass is 35.5. The number of benzene rings is 6. The lowest BCUT2D eigenvalue weighted by atomic mass is 9.97. The van der Waals surface area contributed by atoms with Crippen LogP contribution in [0.15, 0.2) is 140 Å². The minimum Gasteiger partial charge on any atom is -0.361 e. The molecule has 0 fully saturated rings. The number of nitrogens with one attached hydrogen (secondary N) is 2. The molecule has 6 aromatic carbocycles. The van der Waals surface area contributed by atoms with Crippen molar-refractivity contribution in [3.8, 4) is 0 Å². The van der Waals surface area contributed by atoms with Gasteiger partial charge in [-0.05, 0) is 74.9 Å². The molecular weight excluding hydrogens is 623 g/mol. The fourth-order valence-corrected chi connectivity index (χ4v) is 5.78. The van der Waals surface area contributed by atoms with E-state index in [9.17, 15) is 9.59 Å². The van der Waals surface area contributed by atoms with Crippen LogP contribution in [-0.4, -0.2) is 21.0 Å². The number of aromatic nitrogens is 2. The molecule has 4 nitrogen and oxygen atoms in total. The van der Waals surface area contributed by atoms with Crippen LogP contribution in [0.2, 0.25) is 10.0 Å². The Kier molecular flexibility index (Phi) is 8.99. The van der Waals surface area contributed by atoms with Crippen LogP contribution < -0.4 is 0 Å². The molecule has 8 rings (SSSR count). The topological polar surface area (TPSA) is 65.7 Å². The summed E-state index contributed by atoms with van der Waals surface area (Å²) in [5, 5.41) is 7.09. The Morgan fingerprint density at radius 1 is 0.489 bits per heavy atom. The van der Waals surface area contributed by atoms with Gasteiger partial charge in [0.05, 0.1) is 0 Å². The lowest BCUT2D eigenvalue weighted by Crippen LogP contribution is -2.01. The summed E-state index contributed by atoms with van der Waals surface area (Å²) in [6.45, 7) is 0. The first-order chi connectivity index (χ1) is 21.9. The molecule has 0 saturated carbocycles. The van der Waals surface area contributed by atoms with E-state index >= 15 is 0 Å². The van der Waals surface area contributed by atoms with Crippen molar-refractivity contribution in [3.63, 3.8) is 0 Å². The van der Waals surface area contributed by atoms with Gasteiger partial charge in [-0.1, -0.05) is 114 Å². The summed E-state index contributed by atoms with van der Waals surface area (Å²) in [6.07, 6.45) is 3.66. The van der Waals surface area contributed by atoms with E-state index in [4.69, 9.17) is 34.8 Å². The summed E-state index contributed by atoms with van der Waals surface area (Å²) < 4.78 is 0. The Morgan fingerprint density at radius 2 is 1.07 bits per heavy atom. The number of aromatic amines is 2. The van der Waals surface area contributed by atoms with E-state index in [-0.39, 0.29) is 5.78 Å². The lowest BCUT2D eigenvalue weighted by Gasteiger charge is -2.05. The van der Waals surface area contributed by atoms with Gasteiger partial charge in [0.15, 0.2) is 5.78 Å². The Bertz CT molecular complexity index is 2310. The maximum absolute atomic E-state index is 13.0. The third-order valence-electron chi connectivity index (χ3n) is 7.44. The number of ketones is 1. The standard InChI is InChI=1S/C19H12ClNO.C11H7ClO.C8H6ClN/c20-13-8-9-15-17(11-21-18(15)10-13)19(22)16-7-3-5-12-4-1-2-6-14(12)16;12-11(13)10-7-3-5-8-4-1-2-6-9(8)10;9-7-2-1-6-3-4-10-8(6)5-7/h1-11,21H;1-7H;1-5,10H. The van der Waals surface area contributed by atoms with Crippen molar-refractivity contribution in [1.82, 2.24) is 9.97 Å². The summed E-state index contributed by atoms with van der Waals surface area (Å²) in [6, 6.07) is 40.3. The van der Waals surface area contributed by atoms with E-state index in [0.717, 1.165) is 43.0 Å². The van der Waals surface area contributed by atoms with Crippen molar-refractivity contribution in [2.75, 3.05) is 0 Å². The van der Waals surface area contributed by atoms with Crippen molar-refractivity contribution in [2.24, 2.45) is 0 Å². The molecule has 0 aliphatic rings. The van der Waals surface area contributed by atoms with Crippen LogP contribution in [0.3, 0.4) is 0 Å². The number of hydrogen-bond donors (Lipinski definition) is 2. The first kappa shape index (κ1) is 30.2. The fraction of sp³-hybridized carbons (Fsp3) is 0. The second-order valence-corrected chi connectivity index (χ2v) is 11.5. The second-order valence-electron chi connectivity index (χ2n) is 10.3. The van der Waals surface area contributed by atoms with Crippen LogP contribution in [0.5, 0.6) is 0 Å². The number of halogens is 3. The van der Waals surface area contributed by atoms with Gasteiger partial charge in [0.25, 0.3) is 5.24 Å². The molecule has 0 spiro atoms. The molecular formula is C38H25Cl3N2O2. The number of fused-ring (bicyclic) bond motifs is 4. The second kappa shape index (κ2) is 13.4. The van der Waals surface area contributed by atoms with Gasteiger partial charge in [-0.15, -0.1) is 0 Å². The third kappa shape index (κ3) is 6.64. The molecule has 0 aliphatic heterocycles. The molecule has 0 unspecified atom stereocenters. The average molecular weight is 648 g/mol. The highest BCUT2D eigenvalue weighted by Gasteiger charge is 2.16. The minimum absolute atomic E-state index is 0.0189. The summed E-state index contributed by atoms with van der Waals surface area (Å²) in [4.78, 5) is 30.2. The Hall–Kier alpha value is -4.87. The highest BCUT2D eigenvalue weighted by molar-refractivity contribution is 6.68. The van der Waals surface area contributed by atoms with Crippen molar-refractivity contribution in [1.29, 1.82) is 0 Å². The molecule has 220 valence electrons. The zero-order valence-corrected chi connectivity index (χ0v) is 26.0. The van der Waals surface area contributed by atoms with Gasteiger partial charge in [-0.25, -0.2) is 0 Å². The van der Waals surface area contributed by atoms with Crippen molar-refractivity contribution >= 4 is 89.2 Å². The number of rotatable bonds is 3. The molecule has 7 heteroatoms. The Balaban J connectivity index is 0.000000131. The van der Waals surface area contributed by atoms with Gasteiger partial charge in [-0.2, -0.15) is 0 Å². The van der Waals surface area contributed by atoms with Crippen molar-refractivity contribution in [3.05, 3.63) is 167 Å². The molecule has 45 heavy (non-hydrogen) atoms. The highest BCUT2D eigenvalue weighted by Crippen LogP contribution is 2.27. The zero-order valence-electron chi connectivity index (χ0n) is 23.7. The van der Waals surface area contributed by atoms with Crippen LogP contribution in [-0.2, 0) is 0 Å². The largest absolute Gasteiger partial charge is 0.361 e.